The molecule has 2 saturated carbocycles. The van der Waals surface area contributed by atoms with Crippen molar-refractivity contribution in [1.29, 1.82) is 0 Å². The van der Waals surface area contributed by atoms with E-state index in [-0.39, 0.29) is 55.4 Å². The summed E-state index contributed by atoms with van der Waals surface area (Å²) in [6.45, 7) is 3.18. The third-order valence-electron chi connectivity index (χ3n) is 11.3. The number of hydrogen-bond acceptors (Lipinski definition) is 11. The molecule has 4 aliphatic rings. The Bertz CT molecular complexity index is 2160. The van der Waals surface area contributed by atoms with Gasteiger partial charge in [0.15, 0.2) is 28.1 Å². The van der Waals surface area contributed by atoms with Crippen LogP contribution in [0.1, 0.15) is 67.2 Å². The molecule has 304 valence electrons. The molecule has 2 aromatic heterocycles. The van der Waals surface area contributed by atoms with E-state index in [1.54, 1.807) is 50.9 Å². The fourth-order valence-electron chi connectivity index (χ4n) is 7.74. The topological polar surface area (TPSA) is 162 Å². The Morgan fingerprint density at radius 1 is 0.759 bits per heavy atom. The lowest BCUT2D eigenvalue weighted by molar-refractivity contribution is -0.145. The van der Waals surface area contributed by atoms with Gasteiger partial charge in [0.05, 0.1) is 27.4 Å². The van der Waals surface area contributed by atoms with Crippen LogP contribution >= 0.6 is 11.3 Å². The molecule has 8 rings (SSSR count). The summed E-state index contributed by atoms with van der Waals surface area (Å²) < 4.78 is 23.5. The van der Waals surface area contributed by atoms with Crippen LogP contribution in [0.5, 0.6) is 23.0 Å². The predicted octanol–water partition coefficient (Wildman–Crippen LogP) is 5.79. The summed E-state index contributed by atoms with van der Waals surface area (Å²) in [5.74, 6) is 1.03. The molecule has 58 heavy (non-hydrogen) atoms. The maximum atomic E-state index is 14.8. The van der Waals surface area contributed by atoms with Crippen molar-refractivity contribution in [2.24, 2.45) is 11.8 Å². The number of carbonyl (C=O) groups is 4. The van der Waals surface area contributed by atoms with Gasteiger partial charge in [0, 0.05) is 55.0 Å². The zero-order valence-corrected chi connectivity index (χ0v) is 33.7. The Morgan fingerprint density at radius 2 is 1.29 bits per heavy atom. The van der Waals surface area contributed by atoms with Crippen LogP contribution in [0.3, 0.4) is 0 Å². The van der Waals surface area contributed by atoms with Crippen molar-refractivity contribution in [3.05, 3.63) is 83.0 Å². The van der Waals surface area contributed by atoms with Gasteiger partial charge in [0.2, 0.25) is 11.8 Å². The Balaban J connectivity index is 1.13. The summed E-state index contributed by atoms with van der Waals surface area (Å²) in [6.07, 6.45) is 6.22. The fourth-order valence-corrected chi connectivity index (χ4v) is 8.27. The van der Waals surface area contributed by atoms with Gasteiger partial charge in [-0.05, 0) is 92.0 Å². The molecule has 0 spiro atoms. The molecule has 4 fully saturated rings. The molecule has 0 bridgehead atoms. The molecule has 14 nitrogen and oxygen atoms in total. The highest BCUT2D eigenvalue weighted by Crippen LogP contribution is 2.41. The number of pyridine rings is 1. The van der Waals surface area contributed by atoms with E-state index in [4.69, 9.17) is 18.9 Å². The highest BCUT2D eigenvalue weighted by atomic mass is 32.1. The molecule has 4 unspecified atom stereocenters. The van der Waals surface area contributed by atoms with Gasteiger partial charge in [-0.1, -0.05) is 18.2 Å². The van der Waals surface area contributed by atoms with E-state index in [0.717, 1.165) is 36.8 Å². The number of carbonyl (C=O) groups excluding carboxylic acids is 4. The van der Waals surface area contributed by atoms with Crippen molar-refractivity contribution in [2.45, 2.75) is 69.4 Å². The Kier molecular flexibility index (Phi) is 11.5. The summed E-state index contributed by atoms with van der Waals surface area (Å²) in [6, 6.07) is 13.6. The van der Waals surface area contributed by atoms with E-state index in [2.05, 4.69) is 20.6 Å². The number of likely N-dealkylation sites (tertiary alicyclic amines) is 2. The lowest BCUT2D eigenvalue weighted by Gasteiger charge is -2.37. The third kappa shape index (κ3) is 8.89. The number of hydrogen-bond donors (Lipinski definition) is 2. The number of ether oxygens (including phenoxy) is 4. The Hall–Kier alpha value is -5.70. The van der Waals surface area contributed by atoms with Crippen LogP contribution in [0.25, 0.3) is 0 Å². The number of rotatable bonds is 17. The van der Waals surface area contributed by atoms with Crippen LogP contribution in [0.15, 0.2) is 66.2 Å². The van der Waals surface area contributed by atoms with Gasteiger partial charge in [-0.3, -0.25) is 19.2 Å². The molecule has 2 aromatic carbocycles. The average molecular weight is 809 g/mol. The highest BCUT2D eigenvalue weighted by Gasteiger charge is 2.50. The van der Waals surface area contributed by atoms with Crippen LogP contribution < -0.4 is 29.6 Å². The van der Waals surface area contributed by atoms with E-state index in [1.165, 1.54) is 21.1 Å². The van der Waals surface area contributed by atoms with Crippen LogP contribution in [0, 0.1) is 18.8 Å². The zero-order valence-electron chi connectivity index (χ0n) is 32.8. The average Bonchev–Trinajstić information content (AvgIpc) is 4.11. The van der Waals surface area contributed by atoms with Crippen molar-refractivity contribution < 1.29 is 38.1 Å². The first kappa shape index (κ1) is 39.1. The molecule has 4 amide bonds. The molecule has 4 heterocycles. The van der Waals surface area contributed by atoms with E-state index < -0.39 is 23.9 Å². The molecule has 2 N–H and O–H groups in total. The lowest BCUT2D eigenvalue weighted by atomic mass is 9.97. The normalized spacial score (nSPS) is 20.1. The molecular formula is C43H48N6O8S. The first-order valence-corrected chi connectivity index (χ1v) is 20.7. The SMILES string of the molecule is COc1ccc(C2CC(=O)N(C(C(=O)Nc3cccc(C)n3)C(C(=O)Nc3nccs3)N3CC(c4ccc(OC)c(OCC5CC5)c4)CC3=O)C2)cc1OCC1CC1. The number of aromatic nitrogens is 2. The Morgan fingerprint density at radius 3 is 1.76 bits per heavy atom. The van der Waals surface area contributed by atoms with Crippen LogP contribution in [0.4, 0.5) is 10.9 Å². The predicted molar refractivity (Wildman–Crippen MR) is 216 cm³/mol. The molecule has 4 aromatic rings. The number of benzene rings is 2. The molecule has 2 saturated heterocycles. The minimum atomic E-state index is -1.43. The summed E-state index contributed by atoms with van der Waals surface area (Å²) >= 11 is 1.21. The lowest BCUT2D eigenvalue weighted by Crippen LogP contribution is -2.62. The van der Waals surface area contributed by atoms with Crippen molar-refractivity contribution in [3.8, 4) is 23.0 Å². The van der Waals surface area contributed by atoms with Gasteiger partial charge in [0.25, 0.3) is 11.8 Å². The van der Waals surface area contributed by atoms with Crippen molar-refractivity contribution >= 4 is 45.9 Å². The van der Waals surface area contributed by atoms with Crippen LogP contribution in [-0.4, -0.2) is 96.0 Å². The number of thiazole rings is 1. The van der Waals surface area contributed by atoms with E-state index in [9.17, 15) is 19.2 Å². The molecule has 0 radical (unpaired) electrons. The molecule has 15 heteroatoms. The van der Waals surface area contributed by atoms with Gasteiger partial charge in [0.1, 0.15) is 17.9 Å². The second kappa shape index (κ2) is 17.0. The molecule has 4 atom stereocenters. The highest BCUT2D eigenvalue weighted by molar-refractivity contribution is 7.13. The number of aryl methyl sites for hydroxylation is 1. The maximum Gasteiger partial charge on any atom is 0.251 e. The minimum Gasteiger partial charge on any atom is -0.493 e. The smallest absolute Gasteiger partial charge is 0.251 e. The van der Waals surface area contributed by atoms with Crippen LogP contribution in [0.2, 0.25) is 0 Å². The third-order valence-corrected chi connectivity index (χ3v) is 12.0. The number of methoxy groups -OCH3 is 2. The quantitative estimate of drug-likeness (QED) is 0.134. The minimum absolute atomic E-state index is 0.0771. The largest absolute Gasteiger partial charge is 0.493 e. The van der Waals surface area contributed by atoms with Crippen molar-refractivity contribution in [2.75, 3.05) is 51.2 Å². The number of amides is 4. The summed E-state index contributed by atoms with van der Waals surface area (Å²) in [5.41, 5.74) is 2.34. The van der Waals surface area contributed by atoms with E-state index in [1.807, 2.05) is 36.4 Å². The van der Waals surface area contributed by atoms with E-state index >= 15 is 0 Å². The summed E-state index contributed by atoms with van der Waals surface area (Å²) in [4.78, 5) is 69.6. The molecule has 2 aliphatic heterocycles. The summed E-state index contributed by atoms with van der Waals surface area (Å²) in [5, 5.41) is 7.73. The number of nitrogens with one attached hydrogen (secondary N) is 2. The van der Waals surface area contributed by atoms with Gasteiger partial charge in [-0.25, -0.2) is 9.97 Å². The Labute approximate surface area is 341 Å². The maximum absolute atomic E-state index is 14.8. The van der Waals surface area contributed by atoms with E-state index in [0.29, 0.717) is 58.9 Å². The van der Waals surface area contributed by atoms with Crippen molar-refractivity contribution in [1.82, 2.24) is 19.8 Å². The second-order valence-corrected chi connectivity index (χ2v) is 16.5. The monoisotopic (exact) mass is 808 g/mol. The second-order valence-electron chi connectivity index (χ2n) is 15.6. The fraction of sp³-hybridized carbons (Fsp3) is 0.442. The van der Waals surface area contributed by atoms with Gasteiger partial charge in [-0.2, -0.15) is 0 Å². The first-order valence-electron chi connectivity index (χ1n) is 19.8. The first-order chi connectivity index (χ1) is 28.2. The van der Waals surface area contributed by atoms with Crippen molar-refractivity contribution in [3.63, 3.8) is 0 Å². The van der Waals surface area contributed by atoms with Crippen LogP contribution in [-0.2, 0) is 19.2 Å². The standard InChI is InChI=1S/C43H48N6O8S/c1-25-5-4-6-36(45-25)46-41(52)39(48-21-30(19-37(48)50)28-11-13-32(54-2)34(17-28)56-23-26-7-8-26)40(42(53)47-43-44-15-16-58-43)49-22-31(20-38(49)51)29-12-14-33(55-3)35(18-29)57-24-27-9-10-27/h4-6,11-18,26-27,30-31,39-40H,7-10,19-24H2,1-3H3,(H,44,47,53)(H,45,46,52). The molecule has 2 aliphatic carbocycles. The number of anilines is 2. The molecular weight excluding hydrogens is 761 g/mol. The summed E-state index contributed by atoms with van der Waals surface area (Å²) in [7, 11) is 3.17. The number of nitrogens with zero attached hydrogens (tertiary/aromatic N) is 4. The zero-order chi connectivity index (χ0) is 40.3. The van der Waals surface area contributed by atoms with Gasteiger partial charge < -0.3 is 39.4 Å². The van der Waals surface area contributed by atoms with Gasteiger partial charge in [-0.15, -0.1) is 11.3 Å². The van der Waals surface area contributed by atoms with Gasteiger partial charge >= 0.3 is 0 Å².